The fourth-order valence-corrected chi connectivity index (χ4v) is 4.12. The average Bonchev–Trinajstić information content (AvgIpc) is 3.21. The number of carbonyl (C=O) groups is 2. The van der Waals surface area contributed by atoms with E-state index in [1.54, 1.807) is 0 Å². The fraction of sp³-hybridized carbons (Fsp3) is 0.733. The summed E-state index contributed by atoms with van der Waals surface area (Å²) in [5.74, 6) is -0.146. The van der Waals surface area contributed by atoms with E-state index >= 15 is 0 Å². The van der Waals surface area contributed by atoms with Crippen molar-refractivity contribution in [3.05, 3.63) is 11.1 Å². The Kier molecular flexibility index (Phi) is 5.42. The van der Waals surface area contributed by atoms with Gasteiger partial charge in [-0.05, 0) is 31.4 Å². The maximum atomic E-state index is 12.6. The van der Waals surface area contributed by atoms with E-state index in [0.29, 0.717) is 25.9 Å². The summed E-state index contributed by atoms with van der Waals surface area (Å²) in [7, 11) is 3.45. The number of ether oxygens (including phenoxy) is 1. The molecule has 2 aliphatic heterocycles. The third-order valence-electron chi connectivity index (χ3n) is 5.03. The van der Waals surface area contributed by atoms with Gasteiger partial charge in [0.15, 0.2) is 0 Å². The van der Waals surface area contributed by atoms with Gasteiger partial charge in [0.25, 0.3) is 0 Å². The summed E-state index contributed by atoms with van der Waals surface area (Å²) in [6.45, 7) is 2.06. The van der Waals surface area contributed by atoms with E-state index < -0.39 is 0 Å². The lowest BCUT2D eigenvalue weighted by Crippen LogP contribution is -2.49. The number of carbonyl (C=O) groups excluding carboxylic acids is 2. The van der Waals surface area contributed by atoms with E-state index in [2.05, 4.69) is 24.7 Å². The molecule has 0 spiro atoms. The molecule has 0 bridgehead atoms. The summed E-state index contributed by atoms with van der Waals surface area (Å²) in [6, 6.07) is 0.116. The van der Waals surface area contributed by atoms with Crippen molar-refractivity contribution in [1.82, 2.24) is 24.7 Å². The van der Waals surface area contributed by atoms with Crippen LogP contribution in [0.5, 0.6) is 0 Å². The van der Waals surface area contributed by atoms with Crippen LogP contribution in [0.3, 0.4) is 0 Å². The molecule has 2 saturated heterocycles. The Morgan fingerprint density at radius 1 is 1.54 bits per heavy atom. The van der Waals surface area contributed by atoms with E-state index in [-0.39, 0.29) is 30.0 Å². The molecule has 0 aliphatic carbocycles. The lowest BCUT2D eigenvalue weighted by molar-refractivity contribution is -0.141. The van der Waals surface area contributed by atoms with Crippen LogP contribution in [0.4, 0.5) is 0 Å². The van der Waals surface area contributed by atoms with E-state index in [9.17, 15) is 9.59 Å². The molecule has 0 saturated carbocycles. The zero-order chi connectivity index (χ0) is 17.1. The molecule has 2 aliphatic rings. The number of esters is 1. The van der Waals surface area contributed by atoms with Crippen LogP contribution in [-0.2, 0) is 20.9 Å². The molecule has 1 N–H and O–H groups in total. The van der Waals surface area contributed by atoms with Crippen molar-refractivity contribution < 1.29 is 14.3 Å². The maximum absolute atomic E-state index is 12.6. The number of nitrogens with one attached hydrogen (secondary N) is 1. The first-order chi connectivity index (χ1) is 11.6. The lowest BCUT2D eigenvalue weighted by Gasteiger charge is -2.32. The van der Waals surface area contributed by atoms with Gasteiger partial charge in [0.2, 0.25) is 5.91 Å². The second-order valence-corrected chi connectivity index (χ2v) is 6.96. The van der Waals surface area contributed by atoms with Gasteiger partial charge in [0.05, 0.1) is 12.8 Å². The summed E-state index contributed by atoms with van der Waals surface area (Å²) in [4.78, 5) is 28.5. The van der Waals surface area contributed by atoms with Crippen LogP contribution in [0.15, 0.2) is 5.38 Å². The number of hydrogen-bond acceptors (Lipinski definition) is 8. The first-order valence-electron chi connectivity index (χ1n) is 8.16. The summed E-state index contributed by atoms with van der Waals surface area (Å²) in [5, 5.41) is 9.05. The normalized spacial score (nSPS) is 28.2. The molecule has 3 heterocycles. The maximum Gasteiger partial charge on any atom is 0.305 e. The van der Waals surface area contributed by atoms with Crippen LogP contribution in [0.1, 0.15) is 25.0 Å². The molecule has 1 amide bonds. The Bertz CT molecular complexity index is 582. The molecule has 2 fully saturated rings. The molecule has 1 aromatic heterocycles. The van der Waals surface area contributed by atoms with Crippen LogP contribution in [0.25, 0.3) is 0 Å². The van der Waals surface area contributed by atoms with Crippen molar-refractivity contribution in [2.75, 3.05) is 27.2 Å². The Morgan fingerprint density at radius 3 is 3.08 bits per heavy atom. The molecule has 3 atom stereocenters. The monoisotopic (exact) mass is 353 g/mol. The number of nitrogens with zero attached hydrogens (tertiary/aromatic N) is 4. The number of likely N-dealkylation sites (tertiary alicyclic amines) is 1. The fourth-order valence-electron chi connectivity index (χ4n) is 3.67. The van der Waals surface area contributed by atoms with Gasteiger partial charge in [-0.1, -0.05) is 4.49 Å². The number of rotatable bonds is 5. The van der Waals surface area contributed by atoms with E-state index in [4.69, 9.17) is 4.74 Å². The predicted molar refractivity (Wildman–Crippen MR) is 88.3 cm³/mol. The summed E-state index contributed by atoms with van der Waals surface area (Å²) >= 11 is 1.33. The Labute approximate surface area is 145 Å². The third kappa shape index (κ3) is 3.57. The molecule has 132 valence electrons. The van der Waals surface area contributed by atoms with Crippen LogP contribution in [-0.4, -0.2) is 76.6 Å². The molecule has 1 aromatic rings. The molecular formula is C15H23N5O3S. The highest BCUT2D eigenvalue weighted by Crippen LogP contribution is 2.28. The first kappa shape index (κ1) is 17.2. The van der Waals surface area contributed by atoms with Gasteiger partial charge in [0.1, 0.15) is 6.04 Å². The Balaban J connectivity index is 1.68. The molecule has 3 rings (SSSR count). The zero-order valence-electron chi connectivity index (χ0n) is 14.0. The zero-order valence-corrected chi connectivity index (χ0v) is 14.8. The van der Waals surface area contributed by atoms with Crippen LogP contribution in [0, 0.1) is 0 Å². The number of aromatic nitrogens is 2. The lowest BCUT2D eigenvalue weighted by atomic mass is 10.0. The van der Waals surface area contributed by atoms with Gasteiger partial charge < -0.3 is 10.1 Å². The SMILES string of the molecule is COC(=O)CCC1CNC(=O)C2C(CCN2Cc2csnn2)N1C. The Morgan fingerprint density at radius 2 is 2.38 bits per heavy atom. The minimum Gasteiger partial charge on any atom is -0.469 e. The summed E-state index contributed by atoms with van der Waals surface area (Å²) in [5.41, 5.74) is 0.905. The highest BCUT2D eigenvalue weighted by atomic mass is 32.1. The second kappa shape index (κ2) is 7.54. The number of hydrogen-bond donors (Lipinski definition) is 1. The van der Waals surface area contributed by atoms with Crippen LogP contribution >= 0.6 is 11.5 Å². The van der Waals surface area contributed by atoms with E-state index in [1.807, 2.05) is 12.4 Å². The molecule has 24 heavy (non-hydrogen) atoms. The number of fused-ring (bicyclic) bond motifs is 1. The van der Waals surface area contributed by atoms with Crippen molar-refractivity contribution in [3.63, 3.8) is 0 Å². The van der Waals surface area contributed by atoms with Crippen molar-refractivity contribution in [3.8, 4) is 0 Å². The third-order valence-corrected chi connectivity index (χ3v) is 5.58. The topological polar surface area (TPSA) is 87.7 Å². The minimum absolute atomic E-state index is 0.0631. The van der Waals surface area contributed by atoms with Crippen LogP contribution in [0.2, 0.25) is 0 Å². The summed E-state index contributed by atoms with van der Waals surface area (Å²) in [6.07, 6.45) is 1.98. The van der Waals surface area contributed by atoms with Crippen molar-refractivity contribution in [2.45, 2.75) is 43.9 Å². The van der Waals surface area contributed by atoms with Gasteiger partial charge in [-0.3, -0.25) is 19.4 Å². The van der Waals surface area contributed by atoms with Crippen molar-refractivity contribution in [2.24, 2.45) is 0 Å². The molecule has 9 heteroatoms. The standard InChI is InChI=1S/C15H23N5O3S/c1-19-11(3-4-13(21)23-2)7-16-15(22)14-12(19)5-6-20(14)8-10-9-24-18-17-10/h9,11-12,14H,3-8H2,1-2H3,(H,16,22). The van der Waals surface area contributed by atoms with Gasteiger partial charge in [-0.2, -0.15) is 0 Å². The minimum atomic E-state index is -0.209. The summed E-state index contributed by atoms with van der Waals surface area (Å²) < 4.78 is 8.62. The smallest absolute Gasteiger partial charge is 0.305 e. The van der Waals surface area contributed by atoms with Gasteiger partial charge in [0, 0.05) is 43.5 Å². The molecule has 3 unspecified atom stereocenters. The molecule has 0 aromatic carbocycles. The molecular weight excluding hydrogens is 330 g/mol. The largest absolute Gasteiger partial charge is 0.469 e. The average molecular weight is 353 g/mol. The number of methoxy groups -OCH3 is 1. The van der Waals surface area contributed by atoms with Gasteiger partial charge in [-0.25, -0.2) is 0 Å². The van der Waals surface area contributed by atoms with Gasteiger partial charge in [-0.15, -0.1) is 5.10 Å². The van der Waals surface area contributed by atoms with Crippen LogP contribution < -0.4 is 5.32 Å². The quantitative estimate of drug-likeness (QED) is 0.738. The number of amides is 1. The molecule has 0 radical (unpaired) electrons. The first-order valence-corrected chi connectivity index (χ1v) is 9.00. The predicted octanol–water partition coefficient (Wildman–Crippen LogP) is -0.136. The molecule has 8 nitrogen and oxygen atoms in total. The highest BCUT2D eigenvalue weighted by Gasteiger charge is 2.45. The van der Waals surface area contributed by atoms with Gasteiger partial charge >= 0.3 is 5.97 Å². The van der Waals surface area contributed by atoms with Crippen molar-refractivity contribution >= 4 is 23.4 Å². The van der Waals surface area contributed by atoms with E-state index in [0.717, 1.165) is 18.7 Å². The number of likely N-dealkylation sites (N-methyl/N-ethyl adjacent to an activating group) is 1. The second-order valence-electron chi connectivity index (χ2n) is 6.35. The van der Waals surface area contributed by atoms with Crippen molar-refractivity contribution in [1.29, 1.82) is 0 Å². The Hall–Kier alpha value is -1.58. The highest BCUT2D eigenvalue weighted by molar-refractivity contribution is 7.03. The van der Waals surface area contributed by atoms with E-state index in [1.165, 1.54) is 18.6 Å².